The van der Waals surface area contributed by atoms with E-state index in [4.69, 9.17) is 26.1 Å². The molecule has 212 valence electrons. The Kier molecular flexibility index (Phi) is 7.73. The number of nitrogens with zero attached hydrogens (tertiary/aromatic N) is 2. The number of hydrogen-bond donors (Lipinski definition) is 2. The molecule has 4 aromatic rings. The largest absolute Gasteiger partial charge is 0.462 e. The van der Waals surface area contributed by atoms with E-state index in [9.17, 15) is 14.4 Å². The maximum atomic E-state index is 13.5. The van der Waals surface area contributed by atoms with E-state index in [2.05, 4.69) is 10.3 Å². The highest BCUT2D eigenvalue weighted by molar-refractivity contribution is 6.31. The van der Waals surface area contributed by atoms with Crippen LogP contribution in [0.3, 0.4) is 0 Å². The number of H-pyrrole nitrogens is 1. The minimum atomic E-state index is -0.657. The molecule has 0 saturated heterocycles. The normalized spacial score (nSPS) is 14.4. The lowest BCUT2D eigenvalue weighted by Crippen LogP contribution is -2.27. The lowest BCUT2D eigenvalue weighted by molar-refractivity contribution is 0.0525. The molecule has 5 rings (SSSR count). The standard InChI is InChI=1S/C31H31ClN4O5/c1-5-40-29(38)19-8-6-18(7-9-19)25-17-33-28(34-25)26-13-11-22-14-20(15-27(37)36(22)26)23-16-21(32)10-12-24(23)35-30(39)41-31(2,3)4/h6-10,12,14-17,26H,5,11,13H2,1-4H3,(H,33,34)(H,35,39). The number of anilines is 1. The van der Waals surface area contributed by atoms with Gasteiger partial charge in [-0.3, -0.25) is 10.1 Å². The van der Waals surface area contributed by atoms with Crippen LogP contribution in [0.15, 0.2) is 65.6 Å². The number of carbonyl (C=O) groups is 2. The Hall–Kier alpha value is -4.37. The van der Waals surface area contributed by atoms with E-state index in [0.29, 0.717) is 58.4 Å². The second-order valence-electron chi connectivity index (χ2n) is 10.8. The maximum Gasteiger partial charge on any atom is 0.412 e. The number of aromatic nitrogens is 3. The molecule has 0 fully saturated rings. The molecule has 2 aromatic heterocycles. The molecule has 0 radical (unpaired) electrons. The number of hydrogen-bond acceptors (Lipinski definition) is 6. The Bertz CT molecular complexity index is 1670. The van der Waals surface area contributed by atoms with Crippen molar-refractivity contribution in [1.82, 2.24) is 14.5 Å². The molecular weight excluding hydrogens is 544 g/mol. The number of benzene rings is 2. The number of fused-ring (bicyclic) bond motifs is 1. The molecule has 1 unspecified atom stereocenters. The number of halogens is 1. The second-order valence-corrected chi connectivity index (χ2v) is 11.2. The van der Waals surface area contributed by atoms with Crippen LogP contribution >= 0.6 is 11.6 Å². The number of rotatable bonds is 6. The van der Waals surface area contributed by atoms with Crippen LogP contribution < -0.4 is 10.9 Å². The van der Waals surface area contributed by atoms with Crippen LogP contribution in [-0.4, -0.2) is 38.8 Å². The van der Waals surface area contributed by atoms with Crippen molar-refractivity contribution >= 4 is 29.4 Å². The first kappa shape index (κ1) is 28.2. The van der Waals surface area contributed by atoms with Crippen LogP contribution in [0.5, 0.6) is 0 Å². The Balaban J connectivity index is 1.41. The molecule has 0 bridgehead atoms. The van der Waals surface area contributed by atoms with Gasteiger partial charge in [0.2, 0.25) is 0 Å². The van der Waals surface area contributed by atoms with Crippen molar-refractivity contribution in [2.45, 2.75) is 52.2 Å². The number of ether oxygens (including phenoxy) is 2. The number of imidazole rings is 1. The SMILES string of the molecule is CCOC(=O)c1ccc(-c2c[nH]c(C3CCc4cc(-c5cc(Cl)ccc5NC(=O)OC(C)(C)C)cc(=O)n43)n2)cc1. The van der Waals surface area contributed by atoms with Crippen LogP contribution in [0.4, 0.5) is 10.5 Å². The summed E-state index contributed by atoms with van der Waals surface area (Å²) in [5, 5.41) is 3.26. The minimum absolute atomic E-state index is 0.181. The number of amides is 1. The zero-order valence-corrected chi connectivity index (χ0v) is 24.0. The summed E-state index contributed by atoms with van der Waals surface area (Å²) in [7, 11) is 0. The van der Waals surface area contributed by atoms with Crippen molar-refractivity contribution in [1.29, 1.82) is 0 Å². The van der Waals surface area contributed by atoms with Gasteiger partial charge < -0.3 is 19.0 Å². The van der Waals surface area contributed by atoms with Gasteiger partial charge in [-0.25, -0.2) is 14.6 Å². The average molecular weight is 575 g/mol. The smallest absolute Gasteiger partial charge is 0.412 e. The van der Waals surface area contributed by atoms with Crippen molar-refractivity contribution in [3.63, 3.8) is 0 Å². The van der Waals surface area contributed by atoms with E-state index < -0.39 is 11.7 Å². The molecule has 9 nitrogen and oxygen atoms in total. The van der Waals surface area contributed by atoms with Crippen molar-refractivity contribution < 1.29 is 19.1 Å². The van der Waals surface area contributed by atoms with Gasteiger partial charge in [0.1, 0.15) is 11.4 Å². The highest BCUT2D eigenvalue weighted by Crippen LogP contribution is 2.35. The number of nitrogens with one attached hydrogen (secondary N) is 2. The van der Waals surface area contributed by atoms with Gasteiger partial charge in [-0.1, -0.05) is 23.7 Å². The molecule has 0 spiro atoms. The Morgan fingerprint density at radius 1 is 1.10 bits per heavy atom. The average Bonchev–Trinajstić information content (AvgIpc) is 3.56. The maximum absolute atomic E-state index is 13.5. The lowest BCUT2D eigenvalue weighted by Gasteiger charge is -2.21. The molecule has 0 aliphatic carbocycles. The fourth-order valence-electron chi connectivity index (χ4n) is 4.93. The monoisotopic (exact) mass is 574 g/mol. The molecule has 1 atom stereocenters. The van der Waals surface area contributed by atoms with Crippen LogP contribution in [-0.2, 0) is 15.9 Å². The first-order chi connectivity index (χ1) is 19.5. The molecule has 3 heterocycles. The summed E-state index contributed by atoms with van der Waals surface area (Å²) < 4.78 is 12.2. The van der Waals surface area contributed by atoms with E-state index in [1.165, 1.54) is 0 Å². The van der Waals surface area contributed by atoms with Gasteiger partial charge in [0.25, 0.3) is 5.56 Å². The highest BCUT2D eigenvalue weighted by Gasteiger charge is 2.28. The van der Waals surface area contributed by atoms with Crippen molar-refractivity contribution in [3.8, 4) is 22.4 Å². The van der Waals surface area contributed by atoms with Gasteiger partial charge in [0.15, 0.2) is 0 Å². The number of aryl methyl sites for hydroxylation is 1. The van der Waals surface area contributed by atoms with E-state index in [1.807, 2.05) is 18.2 Å². The second kappa shape index (κ2) is 11.2. The molecule has 1 aliphatic heterocycles. The van der Waals surface area contributed by atoms with Crippen molar-refractivity contribution in [3.05, 3.63) is 93.3 Å². The highest BCUT2D eigenvalue weighted by atomic mass is 35.5. The fraction of sp³-hybridized carbons (Fsp3) is 0.290. The predicted molar refractivity (Wildman–Crippen MR) is 157 cm³/mol. The first-order valence-corrected chi connectivity index (χ1v) is 13.8. The van der Waals surface area contributed by atoms with E-state index in [-0.39, 0.29) is 17.6 Å². The zero-order valence-electron chi connectivity index (χ0n) is 23.3. The van der Waals surface area contributed by atoms with E-state index >= 15 is 0 Å². The van der Waals surface area contributed by atoms with Gasteiger partial charge in [-0.2, -0.15) is 0 Å². The summed E-state index contributed by atoms with van der Waals surface area (Å²) in [6.45, 7) is 7.45. The predicted octanol–water partition coefficient (Wildman–Crippen LogP) is 6.62. The van der Waals surface area contributed by atoms with Crippen LogP contribution in [0.1, 0.15) is 62.0 Å². The third-order valence-electron chi connectivity index (χ3n) is 6.67. The summed E-state index contributed by atoms with van der Waals surface area (Å²) in [6, 6.07) is 15.4. The third kappa shape index (κ3) is 6.20. The third-order valence-corrected chi connectivity index (χ3v) is 6.90. The van der Waals surface area contributed by atoms with Gasteiger partial charge in [0, 0.05) is 34.1 Å². The Morgan fingerprint density at radius 2 is 1.85 bits per heavy atom. The number of aromatic amines is 1. The van der Waals surface area contributed by atoms with Gasteiger partial charge in [0.05, 0.1) is 29.6 Å². The molecule has 41 heavy (non-hydrogen) atoms. The Morgan fingerprint density at radius 3 is 2.56 bits per heavy atom. The van der Waals surface area contributed by atoms with Gasteiger partial charge in [-0.15, -0.1) is 0 Å². The summed E-state index contributed by atoms with van der Waals surface area (Å²) in [5.41, 5.74) is 3.82. The topological polar surface area (TPSA) is 115 Å². The van der Waals surface area contributed by atoms with Crippen LogP contribution in [0.25, 0.3) is 22.4 Å². The zero-order chi connectivity index (χ0) is 29.3. The first-order valence-electron chi connectivity index (χ1n) is 13.4. The summed E-state index contributed by atoms with van der Waals surface area (Å²) in [4.78, 5) is 45.9. The molecule has 10 heteroatoms. The van der Waals surface area contributed by atoms with Gasteiger partial charge >= 0.3 is 12.1 Å². The molecular formula is C31H31ClN4O5. The fourth-order valence-corrected chi connectivity index (χ4v) is 5.11. The van der Waals surface area contributed by atoms with E-state index in [0.717, 1.165) is 11.3 Å². The minimum Gasteiger partial charge on any atom is -0.462 e. The lowest BCUT2D eigenvalue weighted by atomic mass is 10.0. The molecule has 2 aromatic carbocycles. The molecule has 2 N–H and O–H groups in total. The quantitative estimate of drug-likeness (QED) is 0.250. The summed E-state index contributed by atoms with van der Waals surface area (Å²) in [6.07, 6.45) is 2.58. The number of pyridine rings is 1. The summed E-state index contributed by atoms with van der Waals surface area (Å²) >= 11 is 6.30. The van der Waals surface area contributed by atoms with Crippen molar-refractivity contribution in [2.24, 2.45) is 0 Å². The Labute approximate surface area is 242 Å². The van der Waals surface area contributed by atoms with Crippen LogP contribution in [0.2, 0.25) is 5.02 Å². The van der Waals surface area contributed by atoms with Crippen LogP contribution in [0, 0.1) is 0 Å². The molecule has 0 saturated carbocycles. The van der Waals surface area contributed by atoms with Crippen molar-refractivity contribution in [2.75, 3.05) is 11.9 Å². The molecule has 1 amide bonds. The summed E-state index contributed by atoms with van der Waals surface area (Å²) in [5.74, 6) is 0.312. The van der Waals surface area contributed by atoms with Gasteiger partial charge in [-0.05, 0) is 82.5 Å². The molecule has 1 aliphatic rings. The number of esters is 1. The van der Waals surface area contributed by atoms with E-state index in [1.54, 1.807) is 74.9 Å². The number of carbonyl (C=O) groups excluding carboxylic acids is 2.